The molecular weight excluding hydrogens is 206 g/mol. The standard InChI is InChI=1S/C11H17N3S/c15-10-12-11(14-13-10)8-2-6-1-7(4-8)5-9(11)3-6/h6-9,14H,1-5H2,(H2,12,13,15). The second-order valence-corrected chi connectivity index (χ2v) is 6.29. The lowest BCUT2D eigenvalue weighted by Crippen LogP contribution is -2.68. The molecule has 15 heavy (non-hydrogen) atoms. The van der Waals surface area contributed by atoms with Gasteiger partial charge in [0.05, 0.1) is 0 Å². The molecule has 0 unspecified atom stereocenters. The smallest absolute Gasteiger partial charge is 0.182 e. The zero-order valence-corrected chi connectivity index (χ0v) is 9.57. The van der Waals surface area contributed by atoms with Crippen LogP contribution in [0.25, 0.3) is 0 Å². The van der Waals surface area contributed by atoms with Gasteiger partial charge < -0.3 is 5.32 Å². The average molecular weight is 223 g/mol. The first kappa shape index (κ1) is 8.76. The van der Waals surface area contributed by atoms with Crippen LogP contribution < -0.4 is 16.2 Å². The topological polar surface area (TPSA) is 36.1 Å². The van der Waals surface area contributed by atoms with E-state index in [-0.39, 0.29) is 5.66 Å². The van der Waals surface area contributed by atoms with Crippen molar-refractivity contribution in [3.8, 4) is 0 Å². The monoisotopic (exact) mass is 223 g/mol. The Hall–Kier alpha value is -0.350. The summed E-state index contributed by atoms with van der Waals surface area (Å²) in [4.78, 5) is 0. The highest BCUT2D eigenvalue weighted by Gasteiger charge is 2.59. The fraction of sp³-hybridized carbons (Fsp3) is 0.909. The van der Waals surface area contributed by atoms with Crippen molar-refractivity contribution in [2.24, 2.45) is 23.7 Å². The molecule has 1 aliphatic heterocycles. The maximum absolute atomic E-state index is 5.21. The number of hydrogen-bond donors (Lipinski definition) is 3. The quantitative estimate of drug-likeness (QED) is 0.538. The minimum Gasteiger partial charge on any atom is -0.342 e. The van der Waals surface area contributed by atoms with E-state index in [2.05, 4.69) is 16.2 Å². The summed E-state index contributed by atoms with van der Waals surface area (Å²) in [5.41, 5.74) is 6.69. The van der Waals surface area contributed by atoms with Crippen molar-refractivity contribution in [3.05, 3.63) is 0 Å². The zero-order valence-electron chi connectivity index (χ0n) is 8.75. The van der Waals surface area contributed by atoms with Gasteiger partial charge in [0.15, 0.2) is 5.11 Å². The molecule has 4 bridgehead atoms. The molecule has 0 aromatic heterocycles. The molecule has 1 spiro atoms. The van der Waals surface area contributed by atoms with Crippen molar-refractivity contribution in [1.82, 2.24) is 16.2 Å². The van der Waals surface area contributed by atoms with Gasteiger partial charge in [0.2, 0.25) is 0 Å². The largest absolute Gasteiger partial charge is 0.342 e. The van der Waals surface area contributed by atoms with Crippen molar-refractivity contribution in [2.75, 3.05) is 0 Å². The summed E-state index contributed by atoms with van der Waals surface area (Å²) in [6.07, 6.45) is 7.10. The SMILES string of the molecule is S=C1NNC2(N1)C1CC3CC(C1)CC2C3. The van der Waals surface area contributed by atoms with Gasteiger partial charge in [-0.15, -0.1) is 0 Å². The number of hydrogen-bond acceptors (Lipinski definition) is 2. The fourth-order valence-electron chi connectivity index (χ4n) is 4.75. The van der Waals surface area contributed by atoms with E-state index in [1.165, 1.54) is 32.1 Å². The molecular formula is C11H17N3S. The second kappa shape index (κ2) is 2.66. The Balaban J connectivity index is 1.73. The van der Waals surface area contributed by atoms with Gasteiger partial charge in [-0.2, -0.15) is 0 Å². The molecule has 4 saturated carbocycles. The van der Waals surface area contributed by atoms with Crippen molar-refractivity contribution in [3.63, 3.8) is 0 Å². The molecule has 5 rings (SSSR count). The summed E-state index contributed by atoms with van der Waals surface area (Å²) in [6, 6.07) is 0. The minimum absolute atomic E-state index is 0.116. The Bertz CT molecular complexity index is 300. The molecule has 3 nitrogen and oxygen atoms in total. The summed E-state index contributed by atoms with van der Waals surface area (Å²) < 4.78 is 0. The van der Waals surface area contributed by atoms with Crippen LogP contribution in [0.5, 0.6) is 0 Å². The van der Waals surface area contributed by atoms with E-state index in [1.54, 1.807) is 0 Å². The highest BCUT2D eigenvalue weighted by molar-refractivity contribution is 7.80. The maximum Gasteiger partial charge on any atom is 0.182 e. The molecule has 4 aliphatic carbocycles. The van der Waals surface area contributed by atoms with Crippen LogP contribution in [-0.4, -0.2) is 10.8 Å². The third kappa shape index (κ3) is 1.02. The van der Waals surface area contributed by atoms with Crippen LogP contribution in [-0.2, 0) is 0 Å². The zero-order chi connectivity index (χ0) is 10.0. The van der Waals surface area contributed by atoms with Crippen LogP contribution in [0.2, 0.25) is 0 Å². The molecule has 0 radical (unpaired) electrons. The molecule has 0 atom stereocenters. The number of thiocarbonyl (C=S) groups is 1. The van der Waals surface area contributed by atoms with E-state index in [1.807, 2.05) is 0 Å². The normalized spacial score (nSPS) is 55.9. The highest BCUT2D eigenvalue weighted by atomic mass is 32.1. The van der Waals surface area contributed by atoms with Crippen LogP contribution in [0.1, 0.15) is 32.1 Å². The van der Waals surface area contributed by atoms with Crippen LogP contribution in [0.3, 0.4) is 0 Å². The molecule has 0 aromatic carbocycles. The van der Waals surface area contributed by atoms with Gasteiger partial charge in [-0.05, 0) is 68.0 Å². The van der Waals surface area contributed by atoms with E-state index in [0.29, 0.717) is 0 Å². The third-order valence-electron chi connectivity index (χ3n) is 5.13. The van der Waals surface area contributed by atoms with Crippen LogP contribution in [0, 0.1) is 23.7 Å². The van der Waals surface area contributed by atoms with Gasteiger partial charge in [0, 0.05) is 0 Å². The summed E-state index contributed by atoms with van der Waals surface area (Å²) in [7, 11) is 0. The van der Waals surface area contributed by atoms with Gasteiger partial charge in [-0.3, -0.25) is 5.43 Å². The van der Waals surface area contributed by atoms with Crippen LogP contribution >= 0.6 is 12.2 Å². The van der Waals surface area contributed by atoms with E-state index in [9.17, 15) is 0 Å². The van der Waals surface area contributed by atoms with Crippen molar-refractivity contribution in [2.45, 2.75) is 37.8 Å². The van der Waals surface area contributed by atoms with Gasteiger partial charge in [0.25, 0.3) is 0 Å². The molecule has 0 amide bonds. The summed E-state index contributed by atoms with van der Waals surface area (Å²) in [5, 5.41) is 4.32. The summed E-state index contributed by atoms with van der Waals surface area (Å²) in [6.45, 7) is 0. The predicted molar refractivity (Wildman–Crippen MR) is 61.8 cm³/mol. The van der Waals surface area contributed by atoms with E-state index < -0.39 is 0 Å². The maximum atomic E-state index is 5.21. The van der Waals surface area contributed by atoms with E-state index in [4.69, 9.17) is 12.2 Å². The van der Waals surface area contributed by atoms with Crippen molar-refractivity contribution in [1.29, 1.82) is 0 Å². The molecule has 4 heteroatoms. The second-order valence-electron chi connectivity index (χ2n) is 5.88. The van der Waals surface area contributed by atoms with Crippen LogP contribution in [0.15, 0.2) is 0 Å². The Labute approximate surface area is 95.3 Å². The lowest BCUT2D eigenvalue weighted by molar-refractivity contribution is -0.0761. The average Bonchev–Trinajstić information content (AvgIpc) is 2.57. The molecule has 1 saturated heterocycles. The summed E-state index contributed by atoms with van der Waals surface area (Å²) in [5.74, 6) is 3.61. The Morgan fingerprint density at radius 1 is 1.00 bits per heavy atom. The molecule has 5 aliphatic rings. The van der Waals surface area contributed by atoms with Gasteiger partial charge in [0.1, 0.15) is 5.66 Å². The first-order valence-corrected chi connectivity index (χ1v) is 6.52. The lowest BCUT2D eigenvalue weighted by Gasteiger charge is -2.59. The number of rotatable bonds is 0. The molecule has 82 valence electrons. The summed E-state index contributed by atoms with van der Waals surface area (Å²) >= 11 is 5.21. The van der Waals surface area contributed by atoms with Crippen molar-refractivity contribution < 1.29 is 0 Å². The number of hydrazine groups is 1. The van der Waals surface area contributed by atoms with Gasteiger partial charge >= 0.3 is 0 Å². The molecule has 1 heterocycles. The molecule has 3 N–H and O–H groups in total. The van der Waals surface area contributed by atoms with E-state index in [0.717, 1.165) is 28.8 Å². The fourth-order valence-corrected chi connectivity index (χ4v) is 4.97. The number of nitrogens with one attached hydrogen (secondary N) is 3. The minimum atomic E-state index is 0.116. The first-order chi connectivity index (χ1) is 7.26. The first-order valence-electron chi connectivity index (χ1n) is 6.11. The third-order valence-corrected chi connectivity index (χ3v) is 5.33. The van der Waals surface area contributed by atoms with Crippen LogP contribution in [0.4, 0.5) is 0 Å². The lowest BCUT2D eigenvalue weighted by atomic mass is 9.51. The van der Waals surface area contributed by atoms with Crippen molar-refractivity contribution >= 4 is 17.3 Å². The molecule has 5 fully saturated rings. The van der Waals surface area contributed by atoms with Gasteiger partial charge in [-0.1, -0.05) is 0 Å². The molecule has 0 aromatic rings. The predicted octanol–water partition coefficient (Wildman–Crippen LogP) is 1.12. The van der Waals surface area contributed by atoms with Gasteiger partial charge in [-0.25, -0.2) is 5.43 Å². The Morgan fingerprint density at radius 3 is 2.07 bits per heavy atom. The highest BCUT2D eigenvalue weighted by Crippen LogP contribution is 2.57. The Kier molecular flexibility index (Phi) is 1.55. The Morgan fingerprint density at radius 2 is 1.60 bits per heavy atom. The van der Waals surface area contributed by atoms with E-state index >= 15 is 0 Å².